The number of pyridine rings is 1. The Morgan fingerprint density at radius 1 is 1.42 bits per heavy atom. The minimum atomic E-state index is 0.332. The molecule has 1 aromatic heterocycles. The molecule has 2 unspecified atom stereocenters. The normalized spacial score (nSPS) is 22.4. The number of hydrogen-bond donors (Lipinski definition) is 1. The zero-order chi connectivity index (χ0) is 13.5. The van der Waals surface area contributed by atoms with Crippen molar-refractivity contribution >= 4 is 0 Å². The van der Waals surface area contributed by atoms with Crippen molar-refractivity contribution in [3.63, 3.8) is 0 Å². The molecule has 2 rings (SSSR count). The lowest BCUT2D eigenvalue weighted by Crippen LogP contribution is -2.25. The molecule has 2 N–H and O–H groups in total. The Kier molecular flexibility index (Phi) is 5.23. The van der Waals surface area contributed by atoms with Crippen molar-refractivity contribution in [2.75, 3.05) is 6.54 Å². The molecule has 0 radical (unpaired) electrons. The van der Waals surface area contributed by atoms with Crippen LogP contribution in [0.5, 0.6) is 5.75 Å². The fourth-order valence-electron chi connectivity index (χ4n) is 2.62. The van der Waals surface area contributed by atoms with Crippen LogP contribution in [-0.2, 0) is 0 Å². The standard InChI is InChI=1S/C16H22N2O/c1-2-13-5-3-7-15(9-13)19-16-10-14(6-4-8-17)11-18-12-16/h10-13,15H,2-3,5,7-9,17H2,1H3. The maximum Gasteiger partial charge on any atom is 0.139 e. The van der Waals surface area contributed by atoms with Gasteiger partial charge in [-0.3, -0.25) is 4.98 Å². The molecule has 0 bridgehead atoms. The molecule has 1 saturated carbocycles. The van der Waals surface area contributed by atoms with Gasteiger partial charge in [0.05, 0.1) is 18.8 Å². The van der Waals surface area contributed by atoms with E-state index in [4.69, 9.17) is 10.5 Å². The average Bonchev–Trinajstić information content (AvgIpc) is 2.46. The van der Waals surface area contributed by atoms with Gasteiger partial charge >= 0.3 is 0 Å². The predicted molar refractivity (Wildman–Crippen MR) is 76.8 cm³/mol. The van der Waals surface area contributed by atoms with E-state index >= 15 is 0 Å². The van der Waals surface area contributed by atoms with Gasteiger partial charge in [-0.2, -0.15) is 0 Å². The lowest BCUT2D eigenvalue weighted by molar-refractivity contribution is 0.121. The number of rotatable bonds is 3. The highest BCUT2D eigenvalue weighted by Gasteiger charge is 2.22. The third-order valence-corrected chi connectivity index (χ3v) is 3.66. The first-order valence-corrected chi connectivity index (χ1v) is 7.12. The van der Waals surface area contributed by atoms with E-state index in [2.05, 4.69) is 23.7 Å². The van der Waals surface area contributed by atoms with Gasteiger partial charge < -0.3 is 10.5 Å². The fourth-order valence-corrected chi connectivity index (χ4v) is 2.62. The van der Waals surface area contributed by atoms with Gasteiger partial charge in [0, 0.05) is 11.8 Å². The predicted octanol–water partition coefficient (Wildman–Crippen LogP) is 2.74. The molecule has 3 heteroatoms. The van der Waals surface area contributed by atoms with E-state index < -0.39 is 0 Å². The van der Waals surface area contributed by atoms with Crippen molar-refractivity contribution in [3.8, 4) is 17.6 Å². The minimum Gasteiger partial charge on any atom is -0.489 e. The number of aromatic nitrogens is 1. The summed E-state index contributed by atoms with van der Waals surface area (Å²) >= 11 is 0. The van der Waals surface area contributed by atoms with Crippen LogP contribution in [0.2, 0.25) is 0 Å². The summed E-state index contributed by atoms with van der Waals surface area (Å²) in [5, 5.41) is 0. The van der Waals surface area contributed by atoms with Gasteiger partial charge in [-0.1, -0.05) is 31.6 Å². The van der Waals surface area contributed by atoms with E-state index in [-0.39, 0.29) is 0 Å². The fraction of sp³-hybridized carbons (Fsp3) is 0.562. The second-order valence-electron chi connectivity index (χ2n) is 5.10. The van der Waals surface area contributed by atoms with Crippen molar-refractivity contribution in [1.82, 2.24) is 4.98 Å². The van der Waals surface area contributed by atoms with Gasteiger partial charge in [0.1, 0.15) is 5.75 Å². The van der Waals surface area contributed by atoms with Crippen molar-refractivity contribution in [3.05, 3.63) is 24.0 Å². The van der Waals surface area contributed by atoms with Gasteiger partial charge in [-0.25, -0.2) is 0 Å². The molecule has 1 aromatic rings. The lowest BCUT2D eigenvalue weighted by atomic mass is 9.85. The van der Waals surface area contributed by atoms with Crippen LogP contribution in [0.1, 0.15) is 44.6 Å². The second-order valence-corrected chi connectivity index (χ2v) is 5.10. The number of nitrogens with zero attached hydrogens (tertiary/aromatic N) is 1. The molecule has 0 aliphatic heterocycles. The quantitative estimate of drug-likeness (QED) is 0.848. The monoisotopic (exact) mass is 258 g/mol. The van der Waals surface area contributed by atoms with E-state index in [1.54, 1.807) is 12.4 Å². The smallest absolute Gasteiger partial charge is 0.139 e. The second kappa shape index (κ2) is 7.16. The molecule has 1 aliphatic rings. The Labute approximate surface area is 115 Å². The third-order valence-electron chi connectivity index (χ3n) is 3.66. The van der Waals surface area contributed by atoms with Crippen molar-refractivity contribution in [2.24, 2.45) is 11.7 Å². The van der Waals surface area contributed by atoms with Crippen LogP contribution in [-0.4, -0.2) is 17.6 Å². The van der Waals surface area contributed by atoms with Crippen LogP contribution in [0.15, 0.2) is 18.5 Å². The molecule has 3 nitrogen and oxygen atoms in total. The van der Waals surface area contributed by atoms with Gasteiger partial charge in [0.2, 0.25) is 0 Å². The van der Waals surface area contributed by atoms with E-state index in [1.165, 1.54) is 19.3 Å². The van der Waals surface area contributed by atoms with Gasteiger partial charge in [-0.05, 0) is 31.2 Å². The Balaban J connectivity index is 1.98. The summed E-state index contributed by atoms with van der Waals surface area (Å²) in [7, 11) is 0. The summed E-state index contributed by atoms with van der Waals surface area (Å²) in [6, 6.07) is 1.95. The summed E-state index contributed by atoms with van der Waals surface area (Å²) in [5.74, 6) is 7.45. The van der Waals surface area contributed by atoms with Crippen LogP contribution in [0.3, 0.4) is 0 Å². The highest BCUT2D eigenvalue weighted by Crippen LogP contribution is 2.29. The Bertz CT molecular complexity index is 461. The minimum absolute atomic E-state index is 0.332. The van der Waals surface area contributed by atoms with Crippen LogP contribution in [0, 0.1) is 17.8 Å². The van der Waals surface area contributed by atoms with Crippen molar-refractivity contribution in [1.29, 1.82) is 0 Å². The van der Waals surface area contributed by atoms with E-state index in [1.807, 2.05) is 6.07 Å². The van der Waals surface area contributed by atoms with Crippen LogP contribution in [0.25, 0.3) is 0 Å². The zero-order valence-electron chi connectivity index (χ0n) is 11.6. The average molecular weight is 258 g/mol. The number of hydrogen-bond acceptors (Lipinski definition) is 3. The zero-order valence-corrected chi connectivity index (χ0v) is 11.6. The topological polar surface area (TPSA) is 48.1 Å². The summed E-state index contributed by atoms with van der Waals surface area (Å²) < 4.78 is 6.05. The van der Waals surface area contributed by atoms with E-state index in [0.717, 1.165) is 30.1 Å². The summed E-state index contributed by atoms with van der Waals surface area (Å²) in [4.78, 5) is 4.17. The van der Waals surface area contributed by atoms with Gasteiger partial charge in [0.25, 0.3) is 0 Å². The molecule has 2 atom stereocenters. The number of nitrogens with two attached hydrogens (primary N) is 1. The van der Waals surface area contributed by atoms with E-state index in [0.29, 0.717) is 12.6 Å². The molecule has 102 valence electrons. The van der Waals surface area contributed by atoms with Crippen LogP contribution in [0.4, 0.5) is 0 Å². The highest BCUT2D eigenvalue weighted by molar-refractivity contribution is 5.36. The lowest BCUT2D eigenvalue weighted by Gasteiger charge is -2.28. The third kappa shape index (κ3) is 4.25. The van der Waals surface area contributed by atoms with Gasteiger partial charge in [-0.15, -0.1) is 0 Å². The van der Waals surface area contributed by atoms with Crippen LogP contribution >= 0.6 is 0 Å². The van der Waals surface area contributed by atoms with Crippen molar-refractivity contribution in [2.45, 2.75) is 45.1 Å². The maximum absolute atomic E-state index is 6.05. The molecular formula is C16H22N2O. The molecule has 1 heterocycles. The van der Waals surface area contributed by atoms with Crippen molar-refractivity contribution < 1.29 is 4.74 Å². The first-order valence-electron chi connectivity index (χ1n) is 7.12. The Hall–Kier alpha value is -1.53. The van der Waals surface area contributed by atoms with Gasteiger partial charge in [0.15, 0.2) is 0 Å². The largest absolute Gasteiger partial charge is 0.489 e. The summed E-state index contributed by atoms with van der Waals surface area (Å²) in [6.07, 6.45) is 10.0. The highest BCUT2D eigenvalue weighted by atomic mass is 16.5. The molecule has 1 fully saturated rings. The van der Waals surface area contributed by atoms with E-state index in [9.17, 15) is 0 Å². The Morgan fingerprint density at radius 2 is 2.32 bits per heavy atom. The first-order chi connectivity index (χ1) is 9.31. The maximum atomic E-state index is 6.05. The first kappa shape index (κ1) is 13.9. The molecule has 19 heavy (non-hydrogen) atoms. The summed E-state index contributed by atoms with van der Waals surface area (Å²) in [5.41, 5.74) is 6.24. The van der Waals surface area contributed by atoms with Crippen LogP contribution < -0.4 is 10.5 Å². The molecule has 1 aliphatic carbocycles. The molecule has 0 amide bonds. The number of ether oxygens (including phenoxy) is 1. The molecular weight excluding hydrogens is 236 g/mol. The Morgan fingerprint density at radius 3 is 3.11 bits per heavy atom. The summed E-state index contributed by atoms with van der Waals surface area (Å²) in [6.45, 7) is 2.63. The molecule has 0 spiro atoms. The molecule has 0 saturated heterocycles. The molecule has 0 aromatic carbocycles. The SMILES string of the molecule is CCC1CCCC(Oc2cncc(C#CCN)c2)C1.